The molecular formula is C19H10F3I2N3O2S. The van der Waals surface area contributed by atoms with E-state index in [1.165, 1.54) is 12.1 Å². The van der Waals surface area contributed by atoms with Crippen LogP contribution in [-0.4, -0.2) is 27.1 Å². The Morgan fingerprint density at radius 2 is 1.97 bits per heavy atom. The van der Waals surface area contributed by atoms with Crippen molar-refractivity contribution in [3.63, 3.8) is 0 Å². The molecule has 2 aliphatic rings. The minimum Gasteiger partial charge on any atom is -0.506 e. The quantitative estimate of drug-likeness (QED) is 0.361. The average molecular weight is 655 g/mol. The van der Waals surface area contributed by atoms with Crippen LogP contribution in [0.1, 0.15) is 22.3 Å². The molecule has 1 atom stereocenters. The number of fused-ring (bicyclic) bond motifs is 2. The number of rotatable bonds is 1. The molecule has 1 saturated heterocycles. The lowest BCUT2D eigenvalue weighted by Crippen LogP contribution is -2.40. The largest absolute Gasteiger partial charge is 0.506 e. The molecule has 2 aromatic carbocycles. The number of halogens is 5. The molecule has 1 fully saturated rings. The summed E-state index contributed by atoms with van der Waals surface area (Å²) in [6.45, 7) is 0.270. The van der Waals surface area contributed by atoms with Crippen LogP contribution >= 0.6 is 57.4 Å². The number of carbonyl (C=O) groups excluding carboxylic acids is 1. The van der Waals surface area contributed by atoms with Gasteiger partial charge in [-0.3, -0.25) is 9.69 Å². The first-order valence-electron chi connectivity index (χ1n) is 8.49. The number of benzene rings is 2. The highest BCUT2D eigenvalue weighted by atomic mass is 127. The second-order valence-electron chi connectivity index (χ2n) is 6.80. The van der Waals surface area contributed by atoms with Crippen LogP contribution in [0.25, 0.3) is 0 Å². The molecule has 2 aromatic rings. The molecule has 11 heteroatoms. The molecule has 0 saturated carbocycles. The molecule has 2 aliphatic heterocycles. The number of alkyl halides is 3. The molecule has 2 heterocycles. The molecule has 0 bridgehead atoms. The highest BCUT2D eigenvalue weighted by Gasteiger charge is 2.46. The molecule has 1 amide bonds. The van der Waals surface area contributed by atoms with Crippen molar-refractivity contribution in [3.05, 3.63) is 53.7 Å². The Morgan fingerprint density at radius 3 is 2.60 bits per heavy atom. The van der Waals surface area contributed by atoms with E-state index in [4.69, 9.17) is 17.5 Å². The summed E-state index contributed by atoms with van der Waals surface area (Å²) in [4.78, 5) is 15.9. The second kappa shape index (κ2) is 7.49. The van der Waals surface area contributed by atoms with E-state index in [9.17, 15) is 23.1 Å². The van der Waals surface area contributed by atoms with E-state index in [-0.39, 0.29) is 23.1 Å². The Hall–Kier alpha value is -1.66. The Balaban J connectivity index is 1.75. The zero-order chi connectivity index (χ0) is 22.0. The smallest absolute Gasteiger partial charge is 0.417 e. The number of amides is 1. The molecule has 30 heavy (non-hydrogen) atoms. The molecule has 1 unspecified atom stereocenters. The Kier molecular flexibility index (Phi) is 5.38. The first-order chi connectivity index (χ1) is 14.0. The van der Waals surface area contributed by atoms with Crippen LogP contribution in [0.3, 0.4) is 0 Å². The first-order valence-corrected chi connectivity index (χ1v) is 11.1. The van der Waals surface area contributed by atoms with Crippen molar-refractivity contribution in [1.29, 1.82) is 5.26 Å². The lowest BCUT2D eigenvalue weighted by Gasteiger charge is -2.31. The molecule has 0 aromatic heterocycles. The van der Waals surface area contributed by atoms with Gasteiger partial charge in [-0.15, -0.1) is 0 Å². The van der Waals surface area contributed by atoms with Crippen molar-refractivity contribution in [2.75, 3.05) is 4.90 Å². The molecular weight excluding hydrogens is 645 g/mol. The molecule has 5 nitrogen and oxygen atoms in total. The van der Waals surface area contributed by atoms with Gasteiger partial charge in [0, 0.05) is 13.0 Å². The number of nitriles is 1. The maximum atomic E-state index is 13.4. The van der Waals surface area contributed by atoms with Gasteiger partial charge in [0.2, 0.25) is 0 Å². The molecule has 1 N–H and O–H groups in total. The van der Waals surface area contributed by atoms with Crippen molar-refractivity contribution < 1.29 is 23.1 Å². The number of carbonyl (C=O) groups is 1. The van der Waals surface area contributed by atoms with Gasteiger partial charge in [0.25, 0.3) is 5.91 Å². The van der Waals surface area contributed by atoms with Gasteiger partial charge in [0.05, 0.1) is 30.0 Å². The minimum atomic E-state index is -4.74. The van der Waals surface area contributed by atoms with E-state index in [2.05, 4.69) is 0 Å². The van der Waals surface area contributed by atoms with Gasteiger partial charge >= 0.3 is 6.18 Å². The van der Waals surface area contributed by atoms with E-state index in [0.29, 0.717) is 13.6 Å². The molecule has 0 spiro atoms. The van der Waals surface area contributed by atoms with Crippen LogP contribution in [0.2, 0.25) is 0 Å². The summed E-state index contributed by atoms with van der Waals surface area (Å²) in [6, 6.07) is 5.83. The van der Waals surface area contributed by atoms with E-state index >= 15 is 0 Å². The Labute approximate surface area is 201 Å². The van der Waals surface area contributed by atoms with Crippen molar-refractivity contribution in [2.45, 2.75) is 25.2 Å². The van der Waals surface area contributed by atoms with Crippen molar-refractivity contribution in [3.8, 4) is 11.8 Å². The SMILES string of the molecule is N#Cc1ccc(N2C(=O)C3Cc4cc(I)c(O)c(I)c4CN3C2=S)cc1C(F)(F)F. The van der Waals surface area contributed by atoms with Crippen molar-refractivity contribution >= 4 is 74.1 Å². The summed E-state index contributed by atoms with van der Waals surface area (Å²) in [5, 5.41) is 19.3. The van der Waals surface area contributed by atoms with Gasteiger partial charge in [-0.1, -0.05) is 0 Å². The number of phenols is 1. The lowest BCUT2D eigenvalue weighted by atomic mass is 9.94. The van der Waals surface area contributed by atoms with Crippen LogP contribution in [0.5, 0.6) is 5.75 Å². The highest BCUT2D eigenvalue weighted by Crippen LogP contribution is 2.40. The van der Waals surface area contributed by atoms with Crippen LogP contribution in [-0.2, 0) is 23.9 Å². The summed E-state index contributed by atoms with van der Waals surface area (Å²) in [7, 11) is 0. The number of thiocarbonyl (C=S) groups is 1. The van der Waals surface area contributed by atoms with E-state index < -0.39 is 29.3 Å². The zero-order valence-corrected chi connectivity index (χ0v) is 19.9. The van der Waals surface area contributed by atoms with E-state index in [1.807, 2.05) is 51.2 Å². The number of hydrogen-bond donors (Lipinski definition) is 1. The standard InChI is InChI=1S/C19H10F3I2N3O2S/c20-19(21,22)12-5-10(2-1-8(12)6-25)27-17(29)14-4-9-3-13(23)16(28)15(24)11(9)7-26(14)18(27)30/h1-3,5,14,28H,4,7H2. The Bertz CT molecular complexity index is 1160. The number of hydrogen-bond acceptors (Lipinski definition) is 4. The maximum Gasteiger partial charge on any atom is 0.417 e. The topological polar surface area (TPSA) is 67.6 Å². The van der Waals surface area contributed by atoms with Crippen molar-refractivity contribution in [2.24, 2.45) is 0 Å². The van der Waals surface area contributed by atoms with Crippen LogP contribution in [0, 0.1) is 18.5 Å². The fourth-order valence-corrected chi connectivity index (χ4v) is 6.04. The van der Waals surface area contributed by atoms with Gasteiger partial charge < -0.3 is 10.0 Å². The summed E-state index contributed by atoms with van der Waals surface area (Å²) in [5.41, 5.74) is 0.0879. The fraction of sp³-hybridized carbons (Fsp3) is 0.211. The number of aromatic hydroxyl groups is 1. The average Bonchev–Trinajstić information content (AvgIpc) is 2.94. The van der Waals surface area contributed by atoms with Gasteiger partial charge in [-0.2, -0.15) is 18.4 Å². The predicted molar refractivity (Wildman–Crippen MR) is 123 cm³/mol. The van der Waals surface area contributed by atoms with Crippen LogP contribution in [0.4, 0.5) is 18.9 Å². The second-order valence-corrected chi connectivity index (χ2v) is 9.41. The van der Waals surface area contributed by atoms with Crippen LogP contribution < -0.4 is 4.90 Å². The maximum absolute atomic E-state index is 13.4. The predicted octanol–water partition coefficient (Wildman–Crippen LogP) is 4.55. The normalized spacial score (nSPS) is 18.3. The molecule has 0 aliphatic carbocycles. The summed E-state index contributed by atoms with van der Waals surface area (Å²) in [6.07, 6.45) is -4.40. The molecule has 4 rings (SSSR count). The first kappa shape index (κ1) is 21.6. The fourth-order valence-electron chi connectivity index (χ4n) is 3.68. The van der Waals surface area contributed by atoms with Crippen LogP contribution in [0.15, 0.2) is 24.3 Å². The zero-order valence-electron chi connectivity index (χ0n) is 14.8. The van der Waals surface area contributed by atoms with Gasteiger partial charge in [-0.05, 0) is 92.8 Å². The van der Waals surface area contributed by atoms with Gasteiger partial charge in [0.15, 0.2) is 5.11 Å². The molecule has 154 valence electrons. The van der Waals surface area contributed by atoms with Gasteiger partial charge in [0.1, 0.15) is 11.8 Å². The van der Waals surface area contributed by atoms with Gasteiger partial charge in [-0.25, -0.2) is 0 Å². The summed E-state index contributed by atoms with van der Waals surface area (Å²) >= 11 is 9.50. The van der Waals surface area contributed by atoms with E-state index in [1.54, 1.807) is 4.90 Å². The minimum absolute atomic E-state index is 0.0260. The van der Waals surface area contributed by atoms with E-state index in [0.717, 1.165) is 28.2 Å². The number of phenolic OH excluding ortho intramolecular Hbond substituents is 1. The number of anilines is 1. The summed E-state index contributed by atoms with van der Waals surface area (Å²) in [5.74, 6) is -0.259. The third kappa shape index (κ3) is 3.32. The highest BCUT2D eigenvalue weighted by molar-refractivity contribution is 14.1. The van der Waals surface area contributed by atoms with Crippen molar-refractivity contribution in [1.82, 2.24) is 4.90 Å². The monoisotopic (exact) mass is 655 g/mol. The molecule has 0 radical (unpaired) electrons. The third-order valence-electron chi connectivity index (χ3n) is 5.14. The Morgan fingerprint density at radius 1 is 1.27 bits per heavy atom. The summed E-state index contributed by atoms with van der Waals surface area (Å²) < 4.78 is 41.4. The third-order valence-corrected chi connectivity index (χ3v) is 7.54. The lowest BCUT2D eigenvalue weighted by molar-refractivity contribution is -0.137. The number of nitrogens with zero attached hydrogens (tertiary/aromatic N) is 3.